The monoisotopic (exact) mass is 427 g/mol. The van der Waals surface area contributed by atoms with Gasteiger partial charge in [-0.25, -0.2) is 4.79 Å². The number of esters is 1. The van der Waals surface area contributed by atoms with E-state index in [1.807, 2.05) is 6.92 Å². The van der Waals surface area contributed by atoms with Gasteiger partial charge in [0.25, 0.3) is 0 Å². The van der Waals surface area contributed by atoms with E-state index in [0.29, 0.717) is 12.2 Å². The SMILES string of the molecule is CCCCOC1[C@@H](N=[N+]=[N-])[C@@H](O)C(COC(=O)c2ccccc2)O[C@@H]1Br. The number of carbonyl (C=O) groups excluding carboxylic acids is 1. The Labute approximate surface area is 160 Å². The van der Waals surface area contributed by atoms with Crippen LogP contribution in [0, 0.1) is 0 Å². The van der Waals surface area contributed by atoms with Crippen molar-refractivity contribution in [2.24, 2.45) is 5.11 Å². The molecular weight excluding hydrogens is 406 g/mol. The van der Waals surface area contributed by atoms with Crippen LogP contribution in [0.15, 0.2) is 35.4 Å². The molecule has 0 aliphatic carbocycles. The van der Waals surface area contributed by atoms with Gasteiger partial charge in [-0.15, -0.1) is 0 Å². The van der Waals surface area contributed by atoms with E-state index in [4.69, 9.17) is 19.7 Å². The van der Waals surface area contributed by atoms with Crippen molar-refractivity contribution in [2.75, 3.05) is 13.2 Å². The first-order valence-electron chi connectivity index (χ1n) is 8.44. The second-order valence-electron chi connectivity index (χ2n) is 5.87. The van der Waals surface area contributed by atoms with E-state index in [9.17, 15) is 9.90 Å². The number of unbranched alkanes of at least 4 members (excludes halogenated alkanes) is 1. The van der Waals surface area contributed by atoms with Crippen molar-refractivity contribution in [3.8, 4) is 0 Å². The molecule has 5 atom stereocenters. The molecule has 1 N–H and O–H groups in total. The molecule has 0 amide bonds. The average molecular weight is 428 g/mol. The van der Waals surface area contributed by atoms with Gasteiger partial charge >= 0.3 is 5.97 Å². The number of hydrogen-bond acceptors (Lipinski definition) is 6. The molecule has 1 heterocycles. The molecule has 1 aliphatic heterocycles. The van der Waals surface area contributed by atoms with Gasteiger partial charge in [0.05, 0.1) is 17.7 Å². The lowest BCUT2D eigenvalue weighted by molar-refractivity contribution is -0.173. The standard InChI is InChI=1S/C17H22BrN3O5/c1-2-3-9-24-15-13(20-21-19)14(22)12(26-16(15)18)10-25-17(23)11-7-5-4-6-8-11/h4-8,12-16,22H,2-3,9-10H2,1H3/t12?,13-,14-,15?,16-/m0/s1. The zero-order valence-corrected chi connectivity index (χ0v) is 16.0. The maximum absolute atomic E-state index is 12.0. The number of azide groups is 1. The lowest BCUT2D eigenvalue weighted by Crippen LogP contribution is -2.57. The summed E-state index contributed by atoms with van der Waals surface area (Å²) in [6, 6.07) is 7.67. The first kappa shape index (κ1) is 20.7. The summed E-state index contributed by atoms with van der Waals surface area (Å²) < 4.78 is 16.6. The molecule has 0 radical (unpaired) electrons. The van der Waals surface area contributed by atoms with Gasteiger partial charge in [-0.1, -0.05) is 52.6 Å². The van der Waals surface area contributed by atoms with Gasteiger partial charge < -0.3 is 19.3 Å². The first-order valence-corrected chi connectivity index (χ1v) is 9.35. The van der Waals surface area contributed by atoms with Gasteiger partial charge in [0.15, 0.2) is 0 Å². The maximum Gasteiger partial charge on any atom is 0.338 e. The third-order valence-corrected chi connectivity index (χ3v) is 4.75. The summed E-state index contributed by atoms with van der Waals surface area (Å²) in [7, 11) is 0. The molecule has 26 heavy (non-hydrogen) atoms. The summed E-state index contributed by atoms with van der Waals surface area (Å²) in [6.07, 6.45) is -0.835. The summed E-state index contributed by atoms with van der Waals surface area (Å²) in [5.41, 5.74) is 9.22. The Bertz CT molecular complexity index is 626. The van der Waals surface area contributed by atoms with Crippen LogP contribution in [-0.2, 0) is 14.2 Å². The number of aliphatic hydroxyl groups is 1. The Morgan fingerprint density at radius 1 is 1.42 bits per heavy atom. The smallest absolute Gasteiger partial charge is 0.338 e. The number of ether oxygens (including phenoxy) is 3. The highest BCUT2D eigenvalue weighted by Crippen LogP contribution is 2.30. The van der Waals surface area contributed by atoms with Crippen molar-refractivity contribution < 1.29 is 24.1 Å². The largest absolute Gasteiger partial charge is 0.459 e. The van der Waals surface area contributed by atoms with Crippen molar-refractivity contribution in [2.45, 2.75) is 49.1 Å². The number of alkyl halides is 1. The van der Waals surface area contributed by atoms with Crippen LogP contribution in [0.25, 0.3) is 10.4 Å². The molecule has 2 unspecified atom stereocenters. The molecule has 142 valence electrons. The fraction of sp³-hybridized carbons (Fsp3) is 0.588. The summed E-state index contributed by atoms with van der Waals surface area (Å²) in [6.45, 7) is 2.32. The Hall–Kier alpha value is -1.64. The van der Waals surface area contributed by atoms with E-state index in [-0.39, 0.29) is 6.61 Å². The second kappa shape index (κ2) is 10.5. The second-order valence-corrected chi connectivity index (χ2v) is 6.77. The van der Waals surface area contributed by atoms with E-state index in [2.05, 4.69) is 26.0 Å². The van der Waals surface area contributed by atoms with Crippen LogP contribution in [0.3, 0.4) is 0 Å². The van der Waals surface area contributed by atoms with Gasteiger partial charge in [-0.2, -0.15) is 0 Å². The van der Waals surface area contributed by atoms with Crippen molar-refractivity contribution in [3.63, 3.8) is 0 Å². The normalized spacial score (nSPS) is 28.2. The van der Waals surface area contributed by atoms with Crippen LogP contribution >= 0.6 is 15.9 Å². The molecule has 2 rings (SSSR count). The van der Waals surface area contributed by atoms with Crippen molar-refractivity contribution in [1.82, 2.24) is 0 Å². The van der Waals surface area contributed by atoms with Crippen LogP contribution in [0.2, 0.25) is 0 Å². The summed E-state index contributed by atoms with van der Waals surface area (Å²) in [5.74, 6) is -0.519. The highest BCUT2D eigenvalue weighted by Gasteiger charge is 2.45. The van der Waals surface area contributed by atoms with Gasteiger partial charge in [0.2, 0.25) is 0 Å². The van der Waals surface area contributed by atoms with Crippen LogP contribution < -0.4 is 0 Å². The number of carbonyl (C=O) groups is 1. The minimum absolute atomic E-state index is 0.171. The summed E-state index contributed by atoms with van der Waals surface area (Å²) >= 11 is 3.36. The fourth-order valence-corrected chi connectivity index (χ4v) is 3.32. The van der Waals surface area contributed by atoms with Gasteiger partial charge in [-0.05, 0) is 24.1 Å². The third-order valence-electron chi connectivity index (χ3n) is 4.01. The Kier molecular flexibility index (Phi) is 8.34. The minimum atomic E-state index is -1.16. The molecule has 0 bridgehead atoms. The Morgan fingerprint density at radius 3 is 2.81 bits per heavy atom. The quantitative estimate of drug-likeness (QED) is 0.171. The predicted molar refractivity (Wildman–Crippen MR) is 97.9 cm³/mol. The molecule has 0 saturated carbocycles. The molecule has 8 nitrogen and oxygen atoms in total. The van der Waals surface area contributed by atoms with Crippen LogP contribution in [0.1, 0.15) is 30.1 Å². The number of halogens is 1. The number of hydrogen-bond donors (Lipinski definition) is 1. The summed E-state index contributed by atoms with van der Waals surface area (Å²) in [4.78, 5) is 14.8. The molecule has 1 aliphatic rings. The van der Waals surface area contributed by atoms with Gasteiger partial charge in [0, 0.05) is 11.5 Å². The lowest BCUT2D eigenvalue weighted by Gasteiger charge is -2.40. The third kappa shape index (κ3) is 5.43. The van der Waals surface area contributed by atoms with Crippen molar-refractivity contribution >= 4 is 21.9 Å². The average Bonchev–Trinajstić information content (AvgIpc) is 2.66. The Balaban J connectivity index is 1.99. The molecule has 1 aromatic rings. The van der Waals surface area contributed by atoms with E-state index in [1.54, 1.807) is 30.3 Å². The zero-order chi connectivity index (χ0) is 18.9. The lowest BCUT2D eigenvalue weighted by atomic mass is 9.98. The highest BCUT2D eigenvalue weighted by atomic mass is 79.9. The maximum atomic E-state index is 12.0. The molecular formula is C17H22BrN3O5. The van der Waals surface area contributed by atoms with Crippen LogP contribution in [-0.4, -0.2) is 53.7 Å². The highest BCUT2D eigenvalue weighted by molar-refractivity contribution is 9.09. The molecule has 1 saturated heterocycles. The molecule has 9 heteroatoms. The minimum Gasteiger partial charge on any atom is -0.459 e. The van der Waals surface area contributed by atoms with E-state index in [1.165, 1.54) is 0 Å². The number of rotatable bonds is 8. The van der Waals surface area contributed by atoms with Crippen LogP contribution in [0.4, 0.5) is 0 Å². The molecule has 0 aromatic heterocycles. The van der Waals surface area contributed by atoms with Crippen molar-refractivity contribution in [1.29, 1.82) is 0 Å². The number of benzene rings is 1. The molecule has 1 aromatic carbocycles. The topological polar surface area (TPSA) is 114 Å². The number of nitrogens with zero attached hydrogens (tertiary/aromatic N) is 3. The molecule has 1 fully saturated rings. The zero-order valence-electron chi connectivity index (χ0n) is 14.4. The fourth-order valence-electron chi connectivity index (χ4n) is 2.58. The van der Waals surface area contributed by atoms with Crippen molar-refractivity contribution in [3.05, 3.63) is 46.3 Å². The van der Waals surface area contributed by atoms with E-state index in [0.717, 1.165) is 12.8 Å². The van der Waals surface area contributed by atoms with Gasteiger partial charge in [0.1, 0.15) is 23.8 Å². The van der Waals surface area contributed by atoms with E-state index >= 15 is 0 Å². The van der Waals surface area contributed by atoms with Crippen LogP contribution in [0.5, 0.6) is 0 Å². The number of aliphatic hydroxyl groups excluding tert-OH is 1. The first-order chi connectivity index (χ1) is 12.6. The summed E-state index contributed by atoms with van der Waals surface area (Å²) in [5, 5.41) is 13.6. The van der Waals surface area contributed by atoms with Gasteiger partial charge in [-0.3, -0.25) is 0 Å². The Morgan fingerprint density at radius 2 is 2.15 bits per heavy atom. The molecule has 0 spiro atoms. The van der Waals surface area contributed by atoms with E-state index < -0.39 is 35.3 Å². The predicted octanol–water partition coefficient (Wildman–Crippen LogP) is 3.19.